The Kier molecular flexibility index (Phi) is 11.3. The third-order valence-corrected chi connectivity index (χ3v) is 6.41. The van der Waals surface area contributed by atoms with Gasteiger partial charge in [-0.3, -0.25) is 19.0 Å². The van der Waals surface area contributed by atoms with Crippen molar-refractivity contribution in [1.82, 2.24) is 14.5 Å². The van der Waals surface area contributed by atoms with Gasteiger partial charge in [-0.05, 0) is 30.0 Å². The zero-order valence-corrected chi connectivity index (χ0v) is 23.3. The maximum atomic E-state index is 13.0. The number of hydrogen-bond acceptors (Lipinski definition) is 7. The molecule has 1 heterocycles. The van der Waals surface area contributed by atoms with Gasteiger partial charge < -0.3 is 19.7 Å². The normalized spacial score (nSPS) is 11.3. The number of hydrogen-bond donors (Lipinski definition) is 1. The van der Waals surface area contributed by atoms with Crippen LogP contribution >= 0.6 is 11.6 Å². The molecule has 1 aromatic heterocycles. The van der Waals surface area contributed by atoms with E-state index in [1.54, 1.807) is 31.2 Å². The first-order valence-corrected chi connectivity index (χ1v) is 13.0. The van der Waals surface area contributed by atoms with Crippen LogP contribution in [0.15, 0.2) is 59.4 Å². The molecule has 1 amide bonds. The zero-order chi connectivity index (χ0) is 30.0. The summed E-state index contributed by atoms with van der Waals surface area (Å²) in [4.78, 5) is 42.1. The Hall–Kier alpha value is -3.90. The highest BCUT2D eigenvalue weighted by molar-refractivity contribution is 6.30. The molecule has 9 nitrogen and oxygen atoms in total. The molecule has 0 bridgehead atoms. The first-order valence-electron chi connectivity index (χ1n) is 12.6. The van der Waals surface area contributed by atoms with E-state index in [1.165, 1.54) is 11.7 Å². The Balaban J connectivity index is 1.64. The zero-order valence-electron chi connectivity index (χ0n) is 22.5. The molecule has 1 N–H and O–H groups in total. The van der Waals surface area contributed by atoms with E-state index in [9.17, 15) is 27.6 Å². The number of aromatic nitrogens is 2. The van der Waals surface area contributed by atoms with E-state index in [2.05, 4.69) is 10.3 Å². The minimum atomic E-state index is -5.00. The second-order valence-electron chi connectivity index (χ2n) is 9.09. The van der Waals surface area contributed by atoms with E-state index in [1.807, 2.05) is 30.3 Å². The lowest BCUT2D eigenvalue weighted by Gasteiger charge is -2.23. The fraction of sp³-hybridized carbons (Fsp3) is 0.357. The summed E-state index contributed by atoms with van der Waals surface area (Å²) < 4.78 is 50.4. The molecule has 3 aromatic rings. The van der Waals surface area contributed by atoms with Gasteiger partial charge in [-0.1, -0.05) is 66.2 Å². The number of alkyl halides is 3. The molecule has 0 spiro atoms. The summed E-state index contributed by atoms with van der Waals surface area (Å²) in [5.74, 6) is -2.62. The summed E-state index contributed by atoms with van der Waals surface area (Å²) in [5, 5.41) is 2.95. The maximum absolute atomic E-state index is 13.0. The third kappa shape index (κ3) is 9.32. The van der Waals surface area contributed by atoms with Crippen molar-refractivity contribution in [2.45, 2.75) is 39.2 Å². The van der Waals surface area contributed by atoms with Crippen LogP contribution in [0.2, 0.25) is 5.15 Å². The monoisotopic (exact) mass is 594 g/mol. The van der Waals surface area contributed by atoms with Gasteiger partial charge >= 0.3 is 18.1 Å². The fourth-order valence-corrected chi connectivity index (χ4v) is 4.09. The van der Waals surface area contributed by atoms with Crippen molar-refractivity contribution in [2.75, 3.05) is 32.1 Å². The lowest BCUT2D eigenvalue weighted by atomic mass is 10.1. The molecule has 3 rings (SSSR count). The molecule has 0 aliphatic heterocycles. The van der Waals surface area contributed by atoms with Gasteiger partial charge in [0.25, 0.3) is 5.56 Å². The summed E-state index contributed by atoms with van der Waals surface area (Å²) >= 11 is 6.22. The Morgan fingerprint density at radius 2 is 1.76 bits per heavy atom. The number of anilines is 1. The van der Waals surface area contributed by atoms with E-state index in [-0.39, 0.29) is 50.4 Å². The molecule has 0 aliphatic rings. The smallest absolute Gasteiger partial charge is 0.459 e. The number of carbonyl (C=O) groups is 2. The van der Waals surface area contributed by atoms with Gasteiger partial charge in [0, 0.05) is 26.7 Å². The Labute approximate surface area is 239 Å². The Morgan fingerprint density at radius 1 is 1.07 bits per heavy atom. The van der Waals surface area contributed by atoms with Crippen LogP contribution in [0.1, 0.15) is 22.4 Å². The Morgan fingerprint density at radius 3 is 2.44 bits per heavy atom. The van der Waals surface area contributed by atoms with Gasteiger partial charge in [-0.15, -0.1) is 0 Å². The second-order valence-corrected chi connectivity index (χ2v) is 9.45. The van der Waals surface area contributed by atoms with Crippen LogP contribution in [0, 0.1) is 6.92 Å². The Bertz CT molecular complexity index is 1400. The van der Waals surface area contributed by atoms with Crippen molar-refractivity contribution in [3.8, 4) is 0 Å². The summed E-state index contributed by atoms with van der Waals surface area (Å²) in [7, 11) is 1.34. The van der Waals surface area contributed by atoms with E-state index in [0.29, 0.717) is 22.6 Å². The summed E-state index contributed by atoms with van der Waals surface area (Å²) in [5.41, 5.74) is 1.81. The average molecular weight is 595 g/mol. The molecule has 0 aliphatic carbocycles. The summed E-state index contributed by atoms with van der Waals surface area (Å²) in [6, 6.07) is 15.9. The SMILES string of the molecule is COCCN(Cc1cccc(CCNc2nc(Cl)c(C)n(CC(=O)OCc3ccccc3)c2=O)c1)C(=O)C(F)(F)F. The summed E-state index contributed by atoms with van der Waals surface area (Å²) in [6.07, 6.45) is -4.62. The average Bonchev–Trinajstić information content (AvgIpc) is 2.95. The molecular weight excluding hydrogens is 565 g/mol. The molecule has 220 valence electrons. The van der Waals surface area contributed by atoms with E-state index < -0.39 is 23.6 Å². The van der Waals surface area contributed by atoms with Gasteiger partial charge in [0.2, 0.25) is 0 Å². The number of nitrogens with one attached hydrogen (secondary N) is 1. The van der Waals surface area contributed by atoms with Crippen molar-refractivity contribution < 1.29 is 32.2 Å². The third-order valence-electron chi connectivity index (χ3n) is 6.06. The number of rotatable bonds is 13. The lowest BCUT2D eigenvalue weighted by molar-refractivity contribution is -0.186. The number of methoxy groups -OCH3 is 1. The van der Waals surface area contributed by atoms with Crippen LogP contribution in [0.4, 0.5) is 19.0 Å². The number of amides is 1. The van der Waals surface area contributed by atoms with Gasteiger partial charge in [-0.2, -0.15) is 13.2 Å². The predicted molar refractivity (Wildman–Crippen MR) is 146 cm³/mol. The highest BCUT2D eigenvalue weighted by Crippen LogP contribution is 2.20. The number of ether oxygens (including phenoxy) is 2. The first kappa shape index (κ1) is 31.6. The van der Waals surface area contributed by atoms with Crippen molar-refractivity contribution in [3.05, 3.63) is 92.5 Å². The minimum Gasteiger partial charge on any atom is -0.459 e. The van der Waals surface area contributed by atoms with Crippen LogP contribution in [-0.2, 0) is 45.2 Å². The number of benzene rings is 2. The van der Waals surface area contributed by atoms with Crippen LogP contribution in [-0.4, -0.2) is 59.3 Å². The molecule has 41 heavy (non-hydrogen) atoms. The quantitative estimate of drug-likeness (QED) is 0.297. The molecule has 0 unspecified atom stereocenters. The number of esters is 1. The fourth-order valence-electron chi connectivity index (χ4n) is 3.90. The van der Waals surface area contributed by atoms with Crippen LogP contribution < -0.4 is 10.9 Å². The highest BCUT2D eigenvalue weighted by Gasteiger charge is 2.42. The largest absolute Gasteiger partial charge is 0.471 e. The van der Waals surface area contributed by atoms with Crippen molar-refractivity contribution in [3.63, 3.8) is 0 Å². The second kappa shape index (κ2) is 14.6. The maximum Gasteiger partial charge on any atom is 0.471 e. The van der Waals surface area contributed by atoms with Crippen LogP contribution in [0.3, 0.4) is 0 Å². The van der Waals surface area contributed by atoms with Crippen molar-refractivity contribution in [2.24, 2.45) is 0 Å². The molecule has 0 saturated carbocycles. The molecule has 0 radical (unpaired) electrons. The lowest BCUT2D eigenvalue weighted by Crippen LogP contribution is -2.42. The number of carbonyl (C=O) groups excluding carboxylic acids is 2. The van der Waals surface area contributed by atoms with Crippen LogP contribution in [0.25, 0.3) is 0 Å². The molecule has 2 aromatic carbocycles. The predicted octanol–water partition coefficient (Wildman–Crippen LogP) is 4.14. The van der Waals surface area contributed by atoms with E-state index in [0.717, 1.165) is 11.1 Å². The minimum absolute atomic E-state index is 0.0374. The van der Waals surface area contributed by atoms with Gasteiger partial charge in [0.1, 0.15) is 13.2 Å². The summed E-state index contributed by atoms with van der Waals surface area (Å²) in [6.45, 7) is 1.00. The standard InChI is InChI=1S/C28H30ClF3N4O5/c1-19-24(29)34-25(26(38)36(19)17-23(37)41-18-21-7-4-3-5-8-21)33-12-11-20-9-6-10-22(15-20)16-35(13-14-40-2)27(39)28(30,31)32/h3-10,15H,11-14,16-18H2,1-2H3,(H,33,34). The number of halogens is 4. The van der Waals surface area contributed by atoms with Crippen molar-refractivity contribution in [1.29, 1.82) is 0 Å². The molecule has 0 atom stereocenters. The number of nitrogens with zero attached hydrogens (tertiary/aromatic N) is 3. The molecule has 13 heteroatoms. The molecular formula is C28H30ClF3N4O5. The highest BCUT2D eigenvalue weighted by atomic mass is 35.5. The van der Waals surface area contributed by atoms with Gasteiger partial charge in [0.15, 0.2) is 11.0 Å². The van der Waals surface area contributed by atoms with Gasteiger partial charge in [-0.25, -0.2) is 4.98 Å². The van der Waals surface area contributed by atoms with E-state index >= 15 is 0 Å². The van der Waals surface area contributed by atoms with Gasteiger partial charge in [0.05, 0.1) is 12.3 Å². The van der Waals surface area contributed by atoms with E-state index in [4.69, 9.17) is 21.1 Å². The van der Waals surface area contributed by atoms with Crippen LogP contribution in [0.5, 0.6) is 0 Å². The van der Waals surface area contributed by atoms with Crippen molar-refractivity contribution >= 4 is 29.3 Å². The molecule has 0 saturated heterocycles. The first-order chi connectivity index (χ1) is 19.5. The molecule has 0 fully saturated rings. The topological polar surface area (TPSA) is 103 Å².